The largest absolute Gasteiger partial charge is 0.496 e. The van der Waals surface area contributed by atoms with Gasteiger partial charge in [-0.15, -0.1) is 0 Å². The Morgan fingerprint density at radius 2 is 2.22 bits per heavy atom. The molecule has 23 heavy (non-hydrogen) atoms. The van der Waals surface area contributed by atoms with Crippen molar-refractivity contribution in [2.75, 3.05) is 26.9 Å². The molecule has 3 rings (SSSR count). The molecule has 5 heteroatoms. The Bertz CT molecular complexity index is 574. The van der Waals surface area contributed by atoms with Gasteiger partial charge in [-0.3, -0.25) is 4.79 Å². The summed E-state index contributed by atoms with van der Waals surface area (Å²) in [6.07, 6.45) is 2.18. The number of carbonyl (C=O) groups excluding carboxylic acids is 1. The van der Waals surface area contributed by atoms with E-state index in [2.05, 4.69) is 0 Å². The molecule has 0 aromatic heterocycles. The molecule has 0 aliphatic carbocycles. The minimum atomic E-state index is -0.380. The zero-order valence-corrected chi connectivity index (χ0v) is 13.8. The molecule has 126 valence electrons. The predicted molar refractivity (Wildman–Crippen MR) is 86.7 cm³/mol. The quantitative estimate of drug-likeness (QED) is 0.926. The molecule has 1 aromatic rings. The number of aliphatic hydroxyl groups excluding tert-OH is 1. The average molecular weight is 319 g/mol. The summed E-state index contributed by atoms with van der Waals surface area (Å²) in [5.41, 5.74) is 1.66. The van der Waals surface area contributed by atoms with Crippen LogP contribution in [0.5, 0.6) is 5.75 Å². The van der Waals surface area contributed by atoms with Gasteiger partial charge in [0.25, 0.3) is 5.91 Å². The third-order valence-electron chi connectivity index (χ3n) is 5.07. The maximum atomic E-state index is 12.9. The van der Waals surface area contributed by atoms with Gasteiger partial charge < -0.3 is 19.5 Å². The lowest BCUT2D eigenvalue weighted by atomic mass is 9.89. The van der Waals surface area contributed by atoms with E-state index in [1.165, 1.54) is 0 Å². The first kappa shape index (κ1) is 16.3. The summed E-state index contributed by atoms with van der Waals surface area (Å²) >= 11 is 0. The Morgan fingerprint density at radius 3 is 2.96 bits per heavy atom. The van der Waals surface area contributed by atoms with E-state index < -0.39 is 0 Å². The van der Waals surface area contributed by atoms with Gasteiger partial charge in [0.1, 0.15) is 5.75 Å². The fourth-order valence-corrected chi connectivity index (χ4v) is 3.72. The Balaban J connectivity index is 1.80. The van der Waals surface area contributed by atoms with E-state index in [4.69, 9.17) is 9.47 Å². The molecule has 1 aromatic carbocycles. The van der Waals surface area contributed by atoms with Crippen LogP contribution in [-0.2, 0) is 4.74 Å². The minimum absolute atomic E-state index is 0.0162. The first-order valence-corrected chi connectivity index (χ1v) is 8.33. The molecule has 1 N–H and O–H groups in total. The van der Waals surface area contributed by atoms with Crippen LogP contribution in [0.1, 0.15) is 35.2 Å². The van der Waals surface area contributed by atoms with Crippen LogP contribution in [0.2, 0.25) is 0 Å². The lowest BCUT2D eigenvalue weighted by molar-refractivity contribution is -0.0589. The Labute approximate surface area is 137 Å². The summed E-state index contributed by atoms with van der Waals surface area (Å²) in [5, 5.41) is 10.3. The zero-order chi connectivity index (χ0) is 16.4. The Morgan fingerprint density at radius 1 is 1.39 bits per heavy atom. The monoisotopic (exact) mass is 319 g/mol. The molecule has 2 aliphatic rings. The highest BCUT2D eigenvalue weighted by molar-refractivity contribution is 5.95. The fraction of sp³-hybridized carbons (Fsp3) is 0.611. The lowest BCUT2D eigenvalue weighted by Gasteiger charge is -2.37. The van der Waals surface area contributed by atoms with Gasteiger partial charge in [-0.1, -0.05) is 6.07 Å². The maximum Gasteiger partial charge on any atom is 0.254 e. The number of hydrogen-bond donors (Lipinski definition) is 1. The average Bonchev–Trinajstić information content (AvgIpc) is 3.04. The first-order chi connectivity index (χ1) is 11.1. The molecule has 2 saturated heterocycles. The van der Waals surface area contributed by atoms with Crippen LogP contribution in [-0.4, -0.2) is 54.9 Å². The van der Waals surface area contributed by atoms with E-state index in [1.54, 1.807) is 13.2 Å². The SMILES string of the molecule is COc1cc(C(=O)N2CCC[C@@H]2[C@@H]2COCC[C@@H]2O)ccc1C. The van der Waals surface area contributed by atoms with Crippen molar-refractivity contribution >= 4 is 5.91 Å². The second-order valence-electron chi connectivity index (χ2n) is 6.49. The van der Waals surface area contributed by atoms with Crippen LogP contribution in [0.25, 0.3) is 0 Å². The molecular formula is C18H25NO4. The highest BCUT2D eigenvalue weighted by Crippen LogP contribution is 2.31. The van der Waals surface area contributed by atoms with Gasteiger partial charge in [-0.05, 0) is 43.9 Å². The van der Waals surface area contributed by atoms with E-state index in [-0.39, 0.29) is 24.0 Å². The predicted octanol–water partition coefficient (Wildman–Crippen LogP) is 2.01. The second kappa shape index (κ2) is 6.89. The first-order valence-electron chi connectivity index (χ1n) is 8.33. The lowest BCUT2D eigenvalue weighted by Crippen LogP contribution is -2.48. The summed E-state index contributed by atoms with van der Waals surface area (Å²) in [4.78, 5) is 14.8. The molecule has 1 amide bonds. The van der Waals surface area contributed by atoms with Crippen LogP contribution >= 0.6 is 0 Å². The molecule has 0 unspecified atom stereocenters. The van der Waals surface area contributed by atoms with Gasteiger partial charge >= 0.3 is 0 Å². The number of rotatable bonds is 3. The van der Waals surface area contributed by atoms with Gasteiger partial charge in [0, 0.05) is 30.7 Å². The number of hydrogen-bond acceptors (Lipinski definition) is 4. The summed E-state index contributed by atoms with van der Waals surface area (Å²) in [6.45, 7) is 3.84. The number of methoxy groups -OCH3 is 1. The van der Waals surface area contributed by atoms with E-state index >= 15 is 0 Å². The van der Waals surface area contributed by atoms with E-state index in [0.29, 0.717) is 25.2 Å². The van der Waals surface area contributed by atoms with Crippen LogP contribution in [0.3, 0.4) is 0 Å². The minimum Gasteiger partial charge on any atom is -0.496 e. The molecule has 0 spiro atoms. The van der Waals surface area contributed by atoms with Crippen molar-refractivity contribution in [1.29, 1.82) is 0 Å². The fourth-order valence-electron chi connectivity index (χ4n) is 3.72. The number of benzene rings is 1. The summed E-state index contributed by atoms with van der Waals surface area (Å²) in [5.74, 6) is 0.763. The van der Waals surface area contributed by atoms with E-state index in [0.717, 1.165) is 30.7 Å². The highest BCUT2D eigenvalue weighted by Gasteiger charge is 2.39. The van der Waals surface area contributed by atoms with Crippen molar-refractivity contribution in [3.8, 4) is 5.75 Å². The van der Waals surface area contributed by atoms with Gasteiger partial charge in [-0.25, -0.2) is 0 Å². The molecule has 5 nitrogen and oxygen atoms in total. The molecule has 3 atom stereocenters. The number of amides is 1. The van der Waals surface area contributed by atoms with Crippen molar-refractivity contribution in [3.63, 3.8) is 0 Å². The second-order valence-corrected chi connectivity index (χ2v) is 6.49. The van der Waals surface area contributed by atoms with Crippen LogP contribution in [0.15, 0.2) is 18.2 Å². The smallest absolute Gasteiger partial charge is 0.254 e. The zero-order valence-electron chi connectivity index (χ0n) is 13.8. The molecule has 2 aliphatic heterocycles. The number of carbonyl (C=O) groups is 1. The van der Waals surface area contributed by atoms with Crippen molar-refractivity contribution in [2.45, 2.75) is 38.3 Å². The number of aliphatic hydroxyl groups is 1. The van der Waals surface area contributed by atoms with E-state index in [9.17, 15) is 9.90 Å². The number of aryl methyl sites for hydroxylation is 1. The topological polar surface area (TPSA) is 59.0 Å². The third-order valence-corrected chi connectivity index (χ3v) is 5.07. The van der Waals surface area contributed by atoms with Gasteiger partial charge in [0.15, 0.2) is 0 Å². The van der Waals surface area contributed by atoms with Gasteiger partial charge in [0.2, 0.25) is 0 Å². The maximum absolute atomic E-state index is 12.9. The van der Waals surface area contributed by atoms with Crippen molar-refractivity contribution in [2.24, 2.45) is 5.92 Å². The standard InChI is InChI=1S/C18H25NO4/c1-12-5-6-13(10-17(12)22-2)18(21)19-8-3-4-15(19)14-11-23-9-7-16(14)20/h5-6,10,14-16,20H,3-4,7-9,11H2,1-2H3/t14-,15+,16-/m0/s1. The highest BCUT2D eigenvalue weighted by atomic mass is 16.5. The Hall–Kier alpha value is -1.59. The van der Waals surface area contributed by atoms with Crippen molar-refractivity contribution in [1.82, 2.24) is 4.90 Å². The molecule has 0 radical (unpaired) electrons. The molecule has 2 heterocycles. The van der Waals surface area contributed by atoms with Gasteiger partial charge in [0.05, 0.1) is 19.8 Å². The summed E-state index contributed by atoms with van der Waals surface area (Å²) in [7, 11) is 1.62. The third kappa shape index (κ3) is 3.21. The molecular weight excluding hydrogens is 294 g/mol. The number of ether oxygens (including phenoxy) is 2. The summed E-state index contributed by atoms with van der Waals surface area (Å²) in [6, 6.07) is 5.63. The van der Waals surface area contributed by atoms with E-state index in [1.807, 2.05) is 24.0 Å². The normalized spacial score (nSPS) is 28.0. The molecule has 0 saturated carbocycles. The van der Waals surface area contributed by atoms with Crippen LogP contribution in [0, 0.1) is 12.8 Å². The van der Waals surface area contributed by atoms with Crippen molar-refractivity contribution < 1.29 is 19.4 Å². The van der Waals surface area contributed by atoms with Gasteiger partial charge in [-0.2, -0.15) is 0 Å². The molecule has 2 fully saturated rings. The Kier molecular flexibility index (Phi) is 4.87. The molecule has 0 bridgehead atoms. The van der Waals surface area contributed by atoms with Crippen molar-refractivity contribution in [3.05, 3.63) is 29.3 Å². The summed E-state index contributed by atoms with van der Waals surface area (Å²) < 4.78 is 10.9. The van der Waals surface area contributed by atoms with Crippen LogP contribution < -0.4 is 4.74 Å². The van der Waals surface area contributed by atoms with Crippen LogP contribution in [0.4, 0.5) is 0 Å². The number of nitrogens with zero attached hydrogens (tertiary/aromatic N) is 1. The number of likely N-dealkylation sites (tertiary alicyclic amines) is 1.